The van der Waals surface area contributed by atoms with E-state index in [1.807, 2.05) is 0 Å². The maximum absolute atomic E-state index is 12.4. The molecule has 0 aliphatic heterocycles. The van der Waals surface area contributed by atoms with Gasteiger partial charge in [0.2, 0.25) is 5.91 Å². The van der Waals surface area contributed by atoms with Crippen molar-refractivity contribution in [3.63, 3.8) is 0 Å². The van der Waals surface area contributed by atoms with E-state index < -0.39 is 9.84 Å². The number of nitrogens with zero attached hydrogens (tertiary/aromatic N) is 1. The van der Waals surface area contributed by atoms with E-state index in [0.717, 1.165) is 25.5 Å². The molecular formula is C16H22N2O4S. The van der Waals surface area contributed by atoms with E-state index in [1.165, 1.54) is 11.0 Å². The molecule has 1 amide bonds. The minimum Gasteiger partial charge on any atom is -0.321 e. The molecule has 0 saturated heterocycles. The largest absolute Gasteiger partial charge is 0.321 e. The van der Waals surface area contributed by atoms with E-state index in [0.29, 0.717) is 11.8 Å². The first-order chi connectivity index (χ1) is 10.8. The summed E-state index contributed by atoms with van der Waals surface area (Å²) in [6, 6.07) is 3.23. The standard InChI is InChI=1S/C16H22N2O4S/c1-23(21,22)8-7-18-6-2-3-14(16(18)20)17-15(19)13-10-11-4-5-12(13)9-11/h2-3,6,11-13H,4-5,7-10H2,1H3,(H,17,19)/t11-,12-,13-/m0/s1. The first kappa shape index (κ1) is 16.2. The number of fused-ring (bicyclic) bond motifs is 2. The van der Waals surface area contributed by atoms with Crippen molar-refractivity contribution in [2.24, 2.45) is 17.8 Å². The minimum absolute atomic E-state index is 0.0119. The van der Waals surface area contributed by atoms with Gasteiger partial charge in [-0.3, -0.25) is 9.59 Å². The molecule has 0 radical (unpaired) electrons. The number of carbonyl (C=O) groups is 1. The van der Waals surface area contributed by atoms with E-state index in [4.69, 9.17) is 0 Å². The van der Waals surface area contributed by atoms with Crippen molar-refractivity contribution in [2.45, 2.75) is 32.2 Å². The summed E-state index contributed by atoms with van der Waals surface area (Å²) in [4.78, 5) is 24.8. The van der Waals surface area contributed by atoms with Crippen LogP contribution in [0.25, 0.3) is 0 Å². The Hall–Kier alpha value is -1.63. The molecular weight excluding hydrogens is 316 g/mol. The van der Waals surface area contributed by atoms with Gasteiger partial charge in [-0.15, -0.1) is 0 Å². The Kier molecular flexibility index (Phi) is 4.31. The smallest absolute Gasteiger partial charge is 0.274 e. The maximum Gasteiger partial charge on any atom is 0.274 e. The molecule has 0 unspecified atom stereocenters. The van der Waals surface area contributed by atoms with Crippen LogP contribution in [-0.2, 0) is 21.2 Å². The fourth-order valence-corrected chi connectivity index (χ4v) is 4.39. The second kappa shape index (κ2) is 6.11. The van der Waals surface area contributed by atoms with Gasteiger partial charge >= 0.3 is 0 Å². The highest BCUT2D eigenvalue weighted by atomic mass is 32.2. The summed E-state index contributed by atoms with van der Waals surface area (Å²) in [5.74, 6) is 0.957. The fourth-order valence-electron chi connectivity index (χ4n) is 3.86. The number of pyridine rings is 1. The number of anilines is 1. The Morgan fingerprint density at radius 2 is 2.13 bits per heavy atom. The van der Waals surface area contributed by atoms with E-state index in [-0.39, 0.29) is 35.4 Å². The zero-order valence-corrected chi connectivity index (χ0v) is 14.0. The summed E-state index contributed by atoms with van der Waals surface area (Å²) >= 11 is 0. The van der Waals surface area contributed by atoms with Crippen LogP contribution in [0.2, 0.25) is 0 Å². The highest BCUT2D eigenvalue weighted by molar-refractivity contribution is 7.90. The van der Waals surface area contributed by atoms with Gasteiger partial charge in [0.15, 0.2) is 0 Å². The number of hydrogen-bond donors (Lipinski definition) is 1. The van der Waals surface area contributed by atoms with Gasteiger partial charge in [-0.1, -0.05) is 6.42 Å². The molecule has 2 aliphatic carbocycles. The summed E-state index contributed by atoms with van der Waals surface area (Å²) in [5, 5.41) is 2.75. The average molecular weight is 338 g/mol. The lowest BCUT2D eigenvalue weighted by atomic mass is 9.88. The Bertz CT molecular complexity index is 769. The molecule has 0 aromatic carbocycles. The molecule has 1 aromatic rings. The number of carbonyl (C=O) groups excluding carboxylic acids is 1. The van der Waals surface area contributed by atoms with Crippen molar-refractivity contribution in [3.8, 4) is 0 Å². The zero-order valence-electron chi connectivity index (χ0n) is 13.2. The van der Waals surface area contributed by atoms with E-state index in [1.54, 1.807) is 18.3 Å². The molecule has 3 rings (SSSR count). The Balaban J connectivity index is 1.70. The lowest BCUT2D eigenvalue weighted by molar-refractivity contribution is -0.121. The molecule has 2 saturated carbocycles. The number of sulfone groups is 1. The molecule has 6 nitrogen and oxygen atoms in total. The fraction of sp³-hybridized carbons (Fsp3) is 0.625. The van der Waals surface area contributed by atoms with Crippen LogP contribution in [-0.4, -0.2) is 30.9 Å². The van der Waals surface area contributed by atoms with Gasteiger partial charge in [0.05, 0.1) is 5.75 Å². The van der Waals surface area contributed by atoms with Crippen molar-refractivity contribution in [1.82, 2.24) is 4.57 Å². The van der Waals surface area contributed by atoms with Crippen LogP contribution in [0.5, 0.6) is 0 Å². The SMILES string of the molecule is CS(=O)(=O)CCn1cccc(NC(=O)[C@H]2C[C@H]3CC[C@H]2C3)c1=O. The zero-order chi connectivity index (χ0) is 16.6. The van der Waals surface area contributed by atoms with Gasteiger partial charge in [-0.25, -0.2) is 8.42 Å². The summed E-state index contributed by atoms with van der Waals surface area (Å²) in [6.07, 6.45) is 7.06. The average Bonchev–Trinajstić information content (AvgIpc) is 3.10. The predicted molar refractivity (Wildman–Crippen MR) is 88.0 cm³/mol. The van der Waals surface area contributed by atoms with Gasteiger partial charge in [-0.05, 0) is 43.2 Å². The monoisotopic (exact) mass is 338 g/mol. The van der Waals surface area contributed by atoms with Crippen LogP contribution >= 0.6 is 0 Å². The molecule has 1 N–H and O–H groups in total. The van der Waals surface area contributed by atoms with Crippen molar-refractivity contribution in [3.05, 3.63) is 28.7 Å². The number of aromatic nitrogens is 1. The highest BCUT2D eigenvalue weighted by Crippen LogP contribution is 2.48. The van der Waals surface area contributed by atoms with Crippen molar-refractivity contribution in [1.29, 1.82) is 0 Å². The first-order valence-electron chi connectivity index (χ1n) is 8.01. The molecule has 0 spiro atoms. The Morgan fingerprint density at radius 3 is 2.74 bits per heavy atom. The lowest BCUT2D eigenvalue weighted by Gasteiger charge is -2.20. The molecule has 1 aromatic heterocycles. The van der Waals surface area contributed by atoms with Gasteiger partial charge < -0.3 is 9.88 Å². The quantitative estimate of drug-likeness (QED) is 0.876. The maximum atomic E-state index is 12.4. The first-order valence-corrected chi connectivity index (χ1v) is 10.1. The summed E-state index contributed by atoms with van der Waals surface area (Å²) in [7, 11) is -3.14. The minimum atomic E-state index is -3.14. The molecule has 2 fully saturated rings. The number of amides is 1. The second-order valence-electron chi connectivity index (χ2n) is 6.82. The third-order valence-electron chi connectivity index (χ3n) is 5.06. The number of hydrogen-bond acceptors (Lipinski definition) is 4. The van der Waals surface area contributed by atoms with Gasteiger partial charge in [0.1, 0.15) is 15.5 Å². The highest BCUT2D eigenvalue weighted by Gasteiger charge is 2.43. The summed E-state index contributed by atoms with van der Waals surface area (Å²) < 4.78 is 23.8. The topological polar surface area (TPSA) is 85.2 Å². The van der Waals surface area contributed by atoms with E-state index >= 15 is 0 Å². The third-order valence-corrected chi connectivity index (χ3v) is 5.98. The van der Waals surface area contributed by atoms with Crippen LogP contribution in [0.1, 0.15) is 25.7 Å². The van der Waals surface area contributed by atoms with Crippen molar-refractivity contribution < 1.29 is 13.2 Å². The summed E-state index contributed by atoms with van der Waals surface area (Å²) in [5.41, 5.74) is -0.124. The van der Waals surface area contributed by atoms with E-state index in [9.17, 15) is 18.0 Å². The molecule has 3 atom stereocenters. The van der Waals surface area contributed by atoms with Gasteiger partial charge in [0.25, 0.3) is 5.56 Å². The third kappa shape index (κ3) is 3.65. The molecule has 2 aliphatic rings. The molecule has 2 bridgehead atoms. The van der Waals surface area contributed by atoms with Gasteiger partial charge in [0, 0.05) is 24.9 Å². The normalized spacial score (nSPS) is 26.4. The van der Waals surface area contributed by atoms with Gasteiger partial charge in [-0.2, -0.15) is 0 Å². The van der Waals surface area contributed by atoms with Crippen molar-refractivity contribution in [2.75, 3.05) is 17.3 Å². The molecule has 7 heteroatoms. The van der Waals surface area contributed by atoms with Crippen LogP contribution < -0.4 is 10.9 Å². The molecule has 1 heterocycles. The summed E-state index contributed by atoms with van der Waals surface area (Å²) in [6.45, 7) is 0.0928. The second-order valence-corrected chi connectivity index (χ2v) is 9.08. The van der Waals surface area contributed by atoms with Crippen LogP contribution in [0.15, 0.2) is 23.1 Å². The van der Waals surface area contributed by atoms with Crippen LogP contribution in [0.3, 0.4) is 0 Å². The Morgan fingerprint density at radius 1 is 1.35 bits per heavy atom. The van der Waals surface area contributed by atoms with Crippen LogP contribution in [0, 0.1) is 17.8 Å². The number of nitrogens with one attached hydrogen (secondary N) is 1. The van der Waals surface area contributed by atoms with Crippen LogP contribution in [0.4, 0.5) is 5.69 Å². The number of rotatable bonds is 5. The Labute approximate surface area is 135 Å². The van der Waals surface area contributed by atoms with E-state index in [2.05, 4.69) is 5.32 Å². The molecule has 126 valence electrons. The lowest BCUT2D eigenvalue weighted by Crippen LogP contribution is -2.32. The van der Waals surface area contributed by atoms with Crippen molar-refractivity contribution >= 4 is 21.4 Å². The predicted octanol–water partition coefficient (Wildman–Crippen LogP) is 1.27. The molecule has 23 heavy (non-hydrogen) atoms. The number of aryl methyl sites for hydroxylation is 1.